The highest BCUT2D eigenvalue weighted by molar-refractivity contribution is 5.50. The van der Waals surface area contributed by atoms with Gasteiger partial charge < -0.3 is 15.4 Å². The maximum absolute atomic E-state index is 5.99. The summed E-state index contributed by atoms with van der Waals surface area (Å²) in [6.45, 7) is 2.78. The zero-order valence-electron chi connectivity index (χ0n) is 11.0. The van der Waals surface area contributed by atoms with E-state index in [2.05, 4.69) is 24.1 Å². The first-order chi connectivity index (χ1) is 8.78. The summed E-state index contributed by atoms with van der Waals surface area (Å²) in [5.74, 6) is 0.959. The van der Waals surface area contributed by atoms with Gasteiger partial charge in [0, 0.05) is 13.1 Å². The Labute approximate surface area is 109 Å². The standard InChI is InChI=1S/C15H22N2O/c1-17-11-3-5-15(12-17)18-14-8-6-13(7-9-14)4-2-10-16/h2,4,6-9,15H,3,5,10-12,16H2,1H3/b4-2+. The summed E-state index contributed by atoms with van der Waals surface area (Å²) in [4.78, 5) is 2.33. The molecule has 1 aliphatic rings. The van der Waals surface area contributed by atoms with Crippen LogP contribution in [-0.2, 0) is 0 Å². The molecule has 2 N–H and O–H groups in total. The van der Waals surface area contributed by atoms with Gasteiger partial charge in [-0.2, -0.15) is 0 Å². The SMILES string of the molecule is CN1CCCC(Oc2ccc(/C=C/CN)cc2)C1. The van der Waals surface area contributed by atoms with E-state index in [0.717, 1.165) is 24.3 Å². The van der Waals surface area contributed by atoms with E-state index < -0.39 is 0 Å². The van der Waals surface area contributed by atoms with Gasteiger partial charge in [0.1, 0.15) is 11.9 Å². The van der Waals surface area contributed by atoms with Crippen LogP contribution in [0.2, 0.25) is 0 Å². The first-order valence-electron chi connectivity index (χ1n) is 6.60. The molecule has 2 rings (SSSR count). The molecule has 1 aliphatic heterocycles. The molecule has 0 aromatic heterocycles. The van der Waals surface area contributed by atoms with Crippen molar-refractivity contribution in [3.05, 3.63) is 35.9 Å². The number of likely N-dealkylation sites (N-methyl/N-ethyl adjacent to an activating group) is 1. The van der Waals surface area contributed by atoms with Crippen LogP contribution in [0, 0.1) is 0 Å². The molecule has 1 aromatic carbocycles. The summed E-state index contributed by atoms with van der Waals surface area (Å²) < 4.78 is 5.99. The molecule has 1 unspecified atom stereocenters. The minimum Gasteiger partial charge on any atom is -0.489 e. The molecule has 0 aliphatic carbocycles. The smallest absolute Gasteiger partial charge is 0.119 e. The highest BCUT2D eigenvalue weighted by Gasteiger charge is 2.18. The zero-order chi connectivity index (χ0) is 12.8. The number of benzene rings is 1. The Morgan fingerprint density at radius 3 is 2.83 bits per heavy atom. The number of nitrogens with two attached hydrogens (primary N) is 1. The van der Waals surface area contributed by atoms with Crippen LogP contribution in [0.25, 0.3) is 6.08 Å². The second-order valence-electron chi connectivity index (χ2n) is 4.85. The van der Waals surface area contributed by atoms with Gasteiger partial charge in [0.2, 0.25) is 0 Å². The average molecular weight is 246 g/mol. The normalized spacial score (nSPS) is 21.3. The fourth-order valence-corrected chi connectivity index (χ4v) is 2.27. The summed E-state index contributed by atoms with van der Waals surface area (Å²) in [5, 5.41) is 0. The molecule has 0 amide bonds. The van der Waals surface area contributed by atoms with E-state index in [9.17, 15) is 0 Å². The lowest BCUT2D eigenvalue weighted by Crippen LogP contribution is -2.38. The third-order valence-corrected chi connectivity index (χ3v) is 3.21. The van der Waals surface area contributed by atoms with E-state index in [1.165, 1.54) is 13.0 Å². The Bertz CT molecular complexity index is 386. The molecule has 1 fully saturated rings. The van der Waals surface area contributed by atoms with Crippen LogP contribution in [-0.4, -0.2) is 37.7 Å². The number of likely N-dealkylation sites (tertiary alicyclic amines) is 1. The van der Waals surface area contributed by atoms with Gasteiger partial charge in [-0.3, -0.25) is 0 Å². The molecule has 1 aromatic rings. The fourth-order valence-electron chi connectivity index (χ4n) is 2.27. The number of rotatable bonds is 4. The highest BCUT2D eigenvalue weighted by atomic mass is 16.5. The van der Waals surface area contributed by atoms with Crippen molar-refractivity contribution < 1.29 is 4.74 Å². The van der Waals surface area contributed by atoms with Crippen LogP contribution in [0.3, 0.4) is 0 Å². The van der Waals surface area contributed by atoms with E-state index in [4.69, 9.17) is 10.5 Å². The highest BCUT2D eigenvalue weighted by Crippen LogP contribution is 2.18. The van der Waals surface area contributed by atoms with Crippen molar-refractivity contribution in [3.63, 3.8) is 0 Å². The maximum Gasteiger partial charge on any atom is 0.119 e. The van der Waals surface area contributed by atoms with Crippen LogP contribution in [0.5, 0.6) is 5.75 Å². The van der Waals surface area contributed by atoms with Gasteiger partial charge in [0.05, 0.1) is 0 Å². The maximum atomic E-state index is 5.99. The molecule has 1 atom stereocenters. The zero-order valence-corrected chi connectivity index (χ0v) is 11.0. The third-order valence-electron chi connectivity index (χ3n) is 3.21. The van der Waals surface area contributed by atoms with E-state index >= 15 is 0 Å². The van der Waals surface area contributed by atoms with Crippen LogP contribution in [0.4, 0.5) is 0 Å². The summed E-state index contributed by atoms with van der Waals surface area (Å²) in [7, 11) is 2.15. The predicted molar refractivity (Wildman–Crippen MR) is 75.7 cm³/mol. The van der Waals surface area contributed by atoms with Crippen molar-refractivity contribution in [2.45, 2.75) is 18.9 Å². The Morgan fingerprint density at radius 2 is 2.17 bits per heavy atom. The lowest BCUT2D eigenvalue weighted by atomic mass is 10.1. The van der Waals surface area contributed by atoms with Crippen molar-refractivity contribution in [1.82, 2.24) is 4.90 Å². The molecule has 18 heavy (non-hydrogen) atoms. The second-order valence-corrected chi connectivity index (χ2v) is 4.85. The molecular formula is C15H22N2O. The molecular weight excluding hydrogens is 224 g/mol. The van der Waals surface area contributed by atoms with Crippen LogP contribution in [0.15, 0.2) is 30.3 Å². The molecule has 0 saturated carbocycles. The largest absolute Gasteiger partial charge is 0.489 e. The first kappa shape index (κ1) is 13.1. The van der Waals surface area contributed by atoms with Crippen molar-refractivity contribution in [1.29, 1.82) is 0 Å². The van der Waals surface area contributed by atoms with Gasteiger partial charge in [-0.05, 0) is 44.1 Å². The molecule has 98 valence electrons. The van der Waals surface area contributed by atoms with Gasteiger partial charge >= 0.3 is 0 Å². The van der Waals surface area contributed by atoms with E-state index in [0.29, 0.717) is 12.6 Å². The van der Waals surface area contributed by atoms with Gasteiger partial charge in [-0.1, -0.05) is 24.3 Å². The predicted octanol–water partition coefficient (Wildman–Crippen LogP) is 2.13. The van der Waals surface area contributed by atoms with Gasteiger partial charge in [-0.25, -0.2) is 0 Å². The van der Waals surface area contributed by atoms with Crippen molar-refractivity contribution >= 4 is 6.08 Å². The minimum absolute atomic E-state index is 0.328. The molecule has 1 saturated heterocycles. The summed E-state index contributed by atoms with van der Waals surface area (Å²) >= 11 is 0. The van der Waals surface area contributed by atoms with Crippen molar-refractivity contribution in [2.24, 2.45) is 5.73 Å². The number of nitrogens with zero attached hydrogens (tertiary/aromatic N) is 1. The number of hydrogen-bond acceptors (Lipinski definition) is 3. The first-order valence-corrected chi connectivity index (χ1v) is 6.60. The van der Waals surface area contributed by atoms with Crippen LogP contribution < -0.4 is 10.5 Å². The van der Waals surface area contributed by atoms with Crippen LogP contribution in [0.1, 0.15) is 18.4 Å². The quantitative estimate of drug-likeness (QED) is 0.884. The van der Waals surface area contributed by atoms with Crippen molar-refractivity contribution in [2.75, 3.05) is 26.7 Å². The van der Waals surface area contributed by atoms with E-state index in [-0.39, 0.29) is 0 Å². The summed E-state index contributed by atoms with van der Waals surface area (Å²) in [5.41, 5.74) is 6.59. The molecule has 3 heteroatoms. The topological polar surface area (TPSA) is 38.5 Å². The Morgan fingerprint density at radius 1 is 1.39 bits per heavy atom. The Kier molecular flexibility index (Phi) is 4.79. The second kappa shape index (κ2) is 6.57. The molecule has 1 heterocycles. The van der Waals surface area contributed by atoms with Gasteiger partial charge in [-0.15, -0.1) is 0 Å². The van der Waals surface area contributed by atoms with E-state index in [1.807, 2.05) is 24.3 Å². The molecule has 0 spiro atoms. The minimum atomic E-state index is 0.328. The fraction of sp³-hybridized carbons (Fsp3) is 0.467. The van der Waals surface area contributed by atoms with Crippen molar-refractivity contribution in [3.8, 4) is 5.75 Å². The lowest BCUT2D eigenvalue weighted by molar-refractivity contribution is 0.104. The summed E-state index contributed by atoms with van der Waals surface area (Å²) in [6, 6.07) is 8.19. The lowest BCUT2D eigenvalue weighted by Gasteiger charge is -2.30. The van der Waals surface area contributed by atoms with Gasteiger partial charge in [0.25, 0.3) is 0 Å². The number of ether oxygens (including phenoxy) is 1. The summed E-state index contributed by atoms with van der Waals surface area (Å²) in [6.07, 6.45) is 6.68. The van der Waals surface area contributed by atoms with Gasteiger partial charge in [0.15, 0.2) is 0 Å². The Balaban J connectivity index is 1.91. The average Bonchev–Trinajstić information content (AvgIpc) is 2.38. The Hall–Kier alpha value is -1.32. The molecule has 3 nitrogen and oxygen atoms in total. The van der Waals surface area contributed by atoms with Crippen LogP contribution >= 0.6 is 0 Å². The number of piperidine rings is 1. The third kappa shape index (κ3) is 3.86. The molecule has 0 radical (unpaired) electrons. The number of hydrogen-bond donors (Lipinski definition) is 1. The monoisotopic (exact) mass is 246 g/mol. The van der Waals surface area contributed by atoms with E-state index in [1.54, 1.807) is 0 Å². The molecule has 0 bridgehead atoms.